The van der Waals surface area contributed by atoms with Crippen LogP contribution in [0.2, 0.25) is 10.0 Å². The lowest BCUT2D eigenvalue weighted by Gasteiger charge is -2.33. The van der Waals surface area contributed by atoms with E-state index in [0.717, 1.165) is 25.3 Å². The molecule has 1 heterocycles. The maximum absolute atomic E-state index is 6.21. The van der Waals surface area contributed by atoms with E-state index in [0.29, 0.717) is 16.5 Å². The number of halogens is 2. The van der Waals surface area contributed by atoms with Gasteiger partial charge in [0.15, 0.2) is 0 Å². The molecule has 1 aromatic carbocycles. The fourth-order valence-electron chi connectivity index (χ4n) is 2.14. The molecule has 1 fully saturated rings. The molecule has 2 atom stereocenters. The van der Waals surface area contributed by atoms with Crippen LogP contribution in [0.5, 0.6) is 0 Å². The molecule has 5 heteroatoms. The quantitative estimate of drug-likeness (QED) is 0.927. The first-order valence-corrected chi connectivity index (χ1v) is 6.81. The zero-order valence-corrected chi connectivity index (χ0v) is 11.9. The molecule has 0 aliphatic carbocycles. The summed E-state index contributed by atoms with van der Waals surface area (Å²) in [7, 11) is 2.08. The van der Waals surface area contributed by atoms with Gasteiger partial charge in [-0.25, -0.2) is 0 Å². The number of likely N-dealkylation sites (N-methyl/N-ethyl adjacent to an activating group) is 1. The Morgan fingerprint density at radius 2 is 2.28 bits per heavy atom. The summed E-state index contributed by atoms with van der Waals surface area (Å²) in [5.41, 5.74) is 7.23. The van der Waals surface area contributed by atoms with Crippen molar-refractivity contribution in [3.05, 3.63) is 33.8 Å². The molecule has 1 aromatic rings. The zero-order valence-electron chi connectivity index (χ0n) is 10.4. The summed E-state index contributed by atoms with van der Waals surface area (Å²) in [4.78, 5) is 2.23. The normalized spacial score (nSPS) is 23.0. The number of nitrogens with two attached hydrogens (primary N) is 1. The van der Waals surface area contributed by atoms with Gasteiger partial charge in [0.25, 0.3) is 0 Å². The number of ether oxygens (including phenoxy) is 1. The molecule has 0 radical (unpaired) electrons. The van der Waals surface area contributed by atoms with E-state index in [2.05, 4.69) is 11.9 Å². The van der Waals surface area contributed by atoms with Gasteiger partial charge in [-0.2, -0.15) is 0 Å². The third-order valence-electron chi connectivity index (χ3n) is 3.24. The second-order valence-corrected chi connectivity index (χ2v) is 5.62. The average molecular weight is 289 g/mol. The van der Waals surface area contributed by atoms with Crippen molar-refractivity contribution in [1.82, 2.24) is 4.90 Å². The number of rotatable bonds is 3. The second-order valence-electron chi connectivity index (χ2n) is 4.78. The van der Waals surface area contributed by atoms with E-state index in [-0.39, 0.29) is 12.1 Å². The van der Waals surface area contributed by atoms with Gasteiger partial charge in [-0.15, -0.1) is 0 Å². The van der Waals surface area contributed by atoms with Crippen molar-refractivity contribution in [3.63, 3.8) is 0 Å². The Morgan fingerprint density at radius 1 is 1.50 bits per heavy atom. The van der Waals surface area contributed by atoms with E-state index in [1.54, 1.807) is 6.07 Å². The van der Waals surface area contributed by atoms with Gasteiger partial charge in [-0.3, -0.25) is 0 Å². The van der Waals surface area contributed by atoms with Crippen LogP contribution >= 0.6 is 23.2 Å². The van der Waals surface area contributed by atoms with Crippen molar-refractivity contribution < 1.29 is 4.74 Å². The van der Waals surface area contributed by atoms with Gasteiger partial charge < -0.3 is 15.4 Å². The SMILES string of the molecule is CN1CCOC(C(N)Cc2ccc(Cl)cc2Cl)C1. The van der Waals surface area contributed by atoms with E-state index in [1.165, 1.54) is 0 Å². The number of hydrogen-bond acceptors (Lipinski definition) is 3. The van der Waals surface area contributed by atoms with Crippen molar-refractivity contribution in [1.29, 1.82) is 0 Å². The molecular weight excluding hydrogens is 271 g/mol. The fraction of sp³-hybridized carbons (Fsp3) is 0.538. The first-order chi connectivity index (χ1) is 8.56. The minimum atomic E-state index is -0.0496. The Kier molecular flexibility index (Phi) is 4.87. The Hall–Kier alpha value is -0.320. The lowest BCUT2D eigenvalue weighted by molar-refractivity contribution is -0.0319. The topological polar surface area (TPSA) is 38.5 Å². The number of morpholine rings is 1. The molecule has 1 aliphatic heterocycles. The average Bonchev–Trinajstić information content (AvgIpc) is 2.32. The van der Waals surface area contributed by atoms with Gasteiger partial charge in [0.2, 0.25) is 0 Å². The molecule has 0 amide bonds. The predicted molar refractivity (Wildman–Crippen MR) is 75.4 cm³/mol. The van der Waals surface area contributed by atoms with Crippen LogP contribution in [0, 0.1) is 0 Å². The maximum atomic E-state index is 6.21. The third-order valence-corrected chi connectivity index (χ3v) is 3.83. The van der Waals surface area contributed by atoms with E-state index in [9.17, 15) is 0 Å². The fourth-order valence-corrected chi connectivity index (χ4v) is 2.63. The van der Waals surface area contributed by atoms with Crippen molar-refractivity contribution in [2.24, 2.45) is 5.73 Å². The molecular formula is C13H18Cl2N2O. The first kappa shape index (κ1) is 14.1. The Balaban J connectivity index is 1.99. The van der Waals surface area contributed by atoms with Crippen molar-refractivity contribution in [2.75, 3.05) is 26.7 Å². The molecule has 1 saturated heterocycles. The van der Waals surface area contributed by atoms with Gasteiger partial charge in [0.1, 0.15) is 0 Å². The van der Waals surface area contributed by atoms with Gasteiger partial charge in [-0.1, -0.05) is 29.3 Å². The van der Waals surface area contributed by atoms with Crippen molar-refractivity contribution in [2.45, 2.75) is 18.6 Å². The zero-order chi connectivity index (χ0) is 13.1. The van der Waals surface area contributed by atoms with Crippen LogP contribution in [0.4, 0.5) is 0 Å². The summed E-state index contributed by atoms with van der Waals surface area (Å²) in [5, 5.41) is 1.31. The Labute approximate surface area is 118 Å². The molecule has 2 N–H and O–H groups in total. The highest BCUT2D eigenvalue weighted by Crippen LogP contribution is 2.23. The Morgan fingerprint density at radius 3 is 2.94 bits per heavy atom. The minimum Gasteiger partial charge on any atom is -0.374 e. The standard InChI is InChI=1S/C13H18Cl2N2O/c1-17-4-5-18-13(8-17)12(16)6-9-2-3-10(14)7-11(9)15/h2-3,7,12-13H,4-6,8,16H2,1H3. The number of nitrogens with zero attached hydrogens (tertiary/aromatic N) is 1. The summed E-state index contributed by atoms with van der Waals surface area (Å²) < 4.78 is 5.71. The van der Waals surface area contributed by atoms with Crippen LogP contribution in [-0.4, -0.2) is 43.8 Å². The van der Waals surface area contributed by atoms with Crippen LogP contribution in [-0.2, 0) is 11.2 Å². The van der Waals surface area contributed by atoms with Crippen molar-refractivity contribution in [3.8, 4) is 0 Å². The van der Waals surface area contributed by atoms with E-state index >= 15 is 0 Å². The van der Waals surface area contributed by atoms with Gasteiger partial charge in [0.05, 0.1) is 12.7 Å². The second kappa shape index (κ2) is 6.22. The van der Waals surface area contributed by atoms with Crippen LogP contribution in [0.3, 0.4) is 0 Å². The van der Waals surface area contributed by atoms with Gasteiger partial charge >= 0.3 is 0 Å². The number of benzene rings is 1. The predicted octanol–water partition coefficient (Wildman–Crippen LogP) is 2.19. The highest BCUT2D eigenvalue weighted by molar-refractivity contribution is 6.35. The summed E-state index contributed by atoms with van der Waals surface area (Å²) in [6, 6.07) is 5.46. The van der Waals surface area contributed by atoms with E-state index in [4.69, 9.17) is 33.7 Å². The molecule has 0 spiro atoms. The summed E-state index contributed by atoms with van der Waals surface area (Å²) in [6.07, 6.45) is 0.768. The highest BCUT2D eigenvalue weighted by Gasteiger charge is 2.24. The largest absolute Gasteiger partial charge is 0.374 e. The molecule has 0 bridgehead atoms. The molecule has 2 unspecified atom stereocenters. The van der Waals surface area contributed by atoms with Crippen molar-refractivity contribution >= 4 is 23.2 Å². The minimum absolute atomic E-state index is 0.0496. The molecule has 1 aliphatic rings. The molecule has 18 heavy (non-hydrogen) atoms. The van der Waals surface area contributed by atoms with E-state index < -0.39 is 0 Å². The smallest absolute Gasteiger partial charge is 0.0856 e. The molecule has 0 aromatic heterocycles. The maximum Gasteiger partial charge on any atom is 0.0856 e. The Bertz CT molecular complexity index is 414. The molecule has 100 valence electrons. The lowest BCUT2D eigenvalue weighted by Crippen LogP contribution is -2.50. The van der Waals surface area contributed by atoms with Crippen LogP contribution < -0.4 is 5.73 Å². The third kappa shape index (κ3) is 3.59. The van der Waals surface area contributed by atoms with Crippen LogP contribution in [0.25, 0.3) is 0 Å². The number of hydrogen-bond donors (Lipinski definition) is 1. The van der Waals surface area contributed by atoms with Gasteiger partial charge in [0, 0.05) is 29.2 Å². The first-order valence-electron chi connectivity index (χ1n) is 6.06. The van der Waals surface area contributed by atoms with Crippen LogP contribution in [0.15, 0.2) is 18.2 Å². The lowest BCUT2D eigenvalue weighted by atomic mass is 10.0. The summed E-state index contributed by atoms with van der Waals surface area (Å²) in [5.74, 6) is 0. The highest BCUT2D eigenvalue weighted by atomic mass is 35.5. The molecule has 0 saturated carbocycles. The molecule has 2 rings (SSSR count). The summed E-state index contributed by atoms with van der Waals surface area (Å²) >= 11 is 12.0. The van der Waals surface area contributed by atoms with Crippen LogP contribution in [0.1, 0.15) is 5.56 Å². The monoisotopic (exact) mass is 288 g/mol. The van der Waals surface area contributed by atoms with E-state index in [1.807, 2.05) is 12.1 Å². The van der Waals surface area contributed by atoms with Gasteiger partial charge in [-0.05, 0) is 31.2 Å². The summed E-state index contributed by atoms with van der Waals surface area (Å²) in [6.45, 7) is 2.57. The molecule has 3 nitrogen and oxygen atoms in total.